The molecule has 7 heteroatoms. The van der Waals surface area contributed by atoms with E-state index < -0.39 is 0 Å². The number of aromatic nitrogens is 2. The lowest BCUT2D eigenvalue weighted by atomic mass is 9.98. The number of anilines is 1. The van der Waals surface area contributed by atoms with E-state index in [1.165, 1.54) is 6.42 Å². The molecule has 0 unspecified atom stereocenters. The van der Waals surface area contributed by atoms with Gasteiger partial charge in [0.15, 0.2) is 0 Å². The van der Waals surface area contributed by atoms with Crippen LogP contribution in [-0.2, 0) is 13.6 Å². The Morgan fingerprint density at radius 2 is 1.69 bits per heavy atom. The molecule has 2 aromatic heterocycles. The van der Waals surface area contributed by atoms with Crippen LogP contribution in [0.4, 0.5) is 5.82 Å². The molecular formula is C25H32N4O3. The Hall–Kier alpha value is -3.06. The highest BCUT2D eigenvalue weighted by Crippen LogP contribution is 2.38. The number of aryl methyl sites for hydroxylation is 1. The molecule has 1 aliphatic rings. The van der Waals surface area contributed by atoms with Crippen molar-refractivity contribution in [3.63, 3.8) is 0 Å². The summed E-state index contributed by atoms with van der Waals surface area (Å²) in [5.74, 6) is 2.48. The van der Waals surface area contributed by atoms with Crippen LogP contribution in [0.15, 0.2) is 35.4 Å². The molecule has 0 N–H and O–H groups in total. The van der Waals surface area contributed by atoms with E-state index in [2.05, 4.69) is 28.6 Å². The molecule has 0 atom stereocenters. The van der Waals surface area contributed by atoms with Gasteiger partial charge in [0.2, 0.25) is 0 Å². The van der Waals surface area contributed by atoms with Crippen LogP contribution in [0, 0.1) is 0 Å². The summed E-state index contributed by atoms with van der Waals surface area (Å²) in [5, 5.41) is 1.50. The van der Waals surface area contributed by atoms with Gasteiger partial charge in [0.1, 0.15) is 17.3 Å². The normalized spacial score (nSPS) is 13.5. The Morgan fingerprint density at radius 1 is 1.03 bits per heavy atom. The van der Waals surface area contributed by atoms with Crippen molar-refractivity contribution in [1.29, 1.82) is 0 Å². The lowest BCUT2D eigenvalue weighted by Gasteiger charge is -2.32. The third-order valence-electron chi connectivity index (χ3n) is 6.43. The molecule has 4 rings (SSSR count). The van der Waals surface area contributed by atoms with E-state index in [1.54, 1.807) is 32.0 Å². The zero-order chi connectivity index (χ0) is 22.8. The highest BCUT2D eigenvalue weighted by atomic mass is 16.5. The molecule has 0 radical (unpaired) electrons. The zero-order valence-electron chi connectivity index (χ0n) is 19.6. The Labute approximate surface area is 189 Å². The number of hydrogen-bond donors (Lipinski definition) is 0. The molecule has 170 valence electrons. The van der Waals surface area contributed by atoms with Crippen LogP contribution < -0.4 is 19.9 Å². The molecule has 1 saturated heterocycles. The highest BCUT2D eigenvalue weighted by Gasteiger charge is 2.20. The number of nitrogens with zero attached hydrogens (tertiary/aromatic N) is 4. The molecule has 7 nitrogen and oxygen atoms in total. The SMILES string of the molecule is CCN(CC)Cc1c(OC)cc(-c2cn(C)c(=O)c3cnc(N4CCC4)cc23)cc1OC. The minimum Gasteiger partial charge on any atom is -0.496 e. The second-order valence-electron chi connectivity index (χ2n) is 8.21. The lowest BCUT2D eigenvalue weighted by molar-refractivity contribution is 0.281. The van der Waals surface area contributed by atoms with Crippen LogP contribution in [-0.4, -0.2) is 54.8 Å². The van der Waals surface area contributed by atoms with Crippen molar-refractivity contribution in [3.05, 3.63) is 46.5 Å². The van der Waals surface area contributed by atoms with Crippen molar-refractivity contribution >= 4 is 16.6 Å². The van der Waals surface area contributed by atoms with Gasteiger partial charge in [-0.05, 0) is 43.3 Å². The molecule has 0 bridgehead atoms. The zero-order valence-corrected chi connectivity index (χ0v) is 19.6. The number of methoxy groups -OCH3 is 2. The summed E-state index contributed by atoms with van der Waals surface area (Å²) in [6, 6.07) is 6.13. The fourth-order valence-electron chi connectivity index (χ4n) is 4.26. The van der Waals surface area contributed by atoms with Crippen molar-refractivity contribution in [2.45, 2.75) is 26.8 Å². The Kier molecular flexibility index (Phi) is 6.37. The Bertz CT molecular complexity index is 1150. The topological polar surface area (TPSA) is 59.8 Å². The number of rotatable bonds is 8. The molecule has 0 aliphatic carbocycles. The monoisotopic (exact) mass is 436 g/mol. The van der Waals surface area contributed by atoms with Crippen molar-refractivity contribution < 1.29 is 9.47 Å². The summed E-state index contributed by atoms with van der Waals surface area (Å²) >= 11 is 0. The minimum absolute atomic E-state index is 0.0523. The van der Waals surface area contributed by atoms with E-state index in [9.17, 15) is 4.79 Å². The first kappa shape index (κ1) is 22.1. The van der Waals surface area contributed by atoms with Gasteiger partial charge in [-0.1, -0.05) is 13.8 Å². The van der Waals surface area contributed by atoms with E-state index >= 15 is 0 Å². The predicted octanol–water partition coefficient (Wildman–Crippen LogP) is 3.67. The van der Waals surface area contributed by atoms with E-state index in [0.717, 1.165) is 72.1 Å². The maximum absolute atomic E-state index is 12.8. The van der Waals surface area contributed by atoms with Crippen LogP contribution in [0.3, 0.4) is 0 Å². The minimum atomic E-state index is -0.0523. The van der Waals surface area contributed by atoms with E-state index in [-0.39, 0.29) is 5.56 Å². The third kappa shape index (κ3) is 3.93. The van der Waals surface area contributed by atoms with Gasteiger partial charge in [-0.15, -0.1) is 0 Å². The molecule has 0 amide bonds. The molecule has 0 spiro atoms. The fraction of sp³-hybridized carbons (Fsp3) is 0.440. The number of fused-ring (bicyclic) bond motifs is 1. The molecular weight excluding hydrogens is 404 g/mol. The first-order valence-electron chi connectivity index (χ1n) is 11.2. The smallest absolute Gasteiger partial charge is 0.259 e. The van der Waals surface area contributed by atoms with Gasteiger partial charge >= 0.3 is 0 Å². The summed E-state index contributed by atoms with van der Waals surface area (Å²) in [6.07, 6.45) is 4.77. The molecule has 1 aromatic carbocycles. The van der Waals surface area contributed by atoms with Gasteiger partial charge in [0, 0.05) is 50.0 Å². The standard InChI is InChI=1S/C25H32N4O3/c1-6-28(7-2)16-21-22(31-4)11-17(12-23(21)32-5)20-15-27(3)25(30)19-14-26-24(13-18(19)20)29-9-8-10-29/h11-15H,6-10,16H2,1-5H3. The highest BCUT2D eigenvalue weighted by molar-refractivity contribution is 5.97. The maximum atomic E-state index is 12.8. The van der Waals surface area contributed by atoms with Crippen LogP contribution in [0.5, 0.6) is 11.5 Å². The Morgan fingerprint density at radius 3 is 2.22 bits per heavy atom. The van der Waals surface area contributed by atoms with E-state index in [1.807, 2.05) is 24.4 Å². The first-order chi connectivity index (χ1) is 15.5. The van der Waals surface area contributed by atoms with Crippen LogP contribution >= 0.6 is 0 Å². The molecule has 32 heavy (non-hydrogen) atoms. The summed E-state index contributed by atoms with van der Waals surface area (Å²) in [6.45, 7) is 8.94. The van der Waals surface area contributed by atoms with Crippen LogP contribution in [0.1, 0.15) is 25.8 Å². The quantitative estimate of drug-likeness (QED) is 0.537. The van der Waals surface area contributed by atoms with Gasteiger partial charge in [0.05, 0.1) is 25.2 Å². The number of hydrogen-bond acceptors (Lipinski definition) is 6. The van der Waals surface area contributed by atoms with Crippen molar-refractivity contribution in [3.8, 4) is 22.6 Å². The number of ether oxygens (including phenoxy) is 2. The average molecular weight is 437 g/mol. The maximum Gasteiger partial charge on any atom is 0.259 e. The lowest BCUT2D eigenvalue weighted by Crippen LogP contribution is -2.37. The van der Waals surface area contributed by atoms with Gasteiger partial charge in [-0.25, -0.2) is 4.98 Å². The number of benzene rings is 1. The molecule has 0 saturated carbocycles. The largest absolute Gasteiger partial charge is 0.496 e. The van der Waals surface area contributed by atoms with Crippen molar-refractivity contribution in [2.24, 2.45) is 7.05 Å². The summed E-state index contributed by atoms with van der Waals surface area (Å²) in [5.41, 5.74) is 2.88. The van der Waals surface area contributed by atoms with Crippen LogP contribution in [0.2, 0.25) is 0 Å². The molecule has 3 heterocycles. The third-order valence-corrected chi connectivity index (χ3v) is 6.43. The average Bonchev–Trinajstić information content (AvgIpc) is 2.78. The Balaban J connectivity index is 1.91. The van der Waals surface area contributed by atoms with Crippen molar-refractivity contribution in [2.75, 3.05) is 45.3 Å². The summed E-state index contributed by atoms with van der Waals surface area (Å²) < 4.78 is 13.2. The molecule has 1 aliphatic heterocycles. The second-order valence-corrected chi connectivity index (χ2v) is 8.21. The summed E-state index contributed by atoms with van der Waals surface area (Å²) in [7, 11) is 5.15. The van der Waals surface area contributed by atoms with Crippen LogP contribution in [0.25, 0.3) is 21.9 Å². The fourth-order valence-corrected chi connectivity index (χ4v) is 4.26. The van der Waals surface area contributed by atoms with E-state index in [4.69, 9.17) is 9.47 Å². The summed E-state index contributed by atoms with van der Waals surface area (Å²) in [4.78, 5) is 21.9. The van der Waals surface area contributed by atoms with Gasteiger partial charge in [-0.3, -0.25) is 9.69 Å². The number of pyridine rings is 2. The second kappa shape index (κ2) is 9.20. The predicted molar refractivity (Wildman–Crippen MR) is 129 cm³/mol. The van der Waals surface area contributed by atoms with Gasteiger partial charge in [0.25, 0.3) is 5.56 Å². The molecule has 1 fully saturated rings. The van der Waals surface area contributed by atoms with E-state index in [0.29, 0.717) is 5.39 Å². The first-order valence-corrected chi connectivity index (χ1v) is 11.2. The molecule has 3 aromatic rings. The van der Waals surface area contributed by atoms with Gasteiger partial charge < -0.3 is 18.9 Å². The van der Waals surface area contributed by atoms with Crippen molar-refractivity contribution in [1.82, 2.24) is 14.5 Å². The van der Waals surface area contributed by atoms with Gasteiger partial charge in [-0.2, -0.15) is 0 Å².